The van der Waals surface area contributed by atoms with Crippen LogP contribution in [0.1, 0.15) is 24.7 Å². The van der Waals surface area contributed by atoms with E-state index < -0.39 is 5.25 Å². The highest BCUT2D eigenvalue weighted by Crippen LogP contribution is 2.37. The maximum atomic E-state index is 13.3. The van der Waals surface area contributed by atoms with Crippen molar-refractivity contribution in [1.29, 1.82) is 0 Å². The van der Waals surface area contributed by atoms with Gasteiger partial charge in [0.15, 0.2) is 5.13 Å². The lowest BCUT2D eigenvalue weighted by Gasteiger charge is -2.16. The second-order valence-electron chi connectivity index (χ2n) is 7.18. The first-order chi connectivity index (χ1) is 16.0. The Morgan fingerprint density at radius 2 is 1.79 bits per heavy atom. The number of carbonyl (C=O) groups is 2. The van der Waals surface area contributed by atoms with E-state index >= 15 is 0 Å². The van der Waals surface area contributed by atoms with Crippen LogP contribution in [0.15, 0.2) is 77.7 Å². The number of ether oxygens (including phenoxy) is 1. The van der Waals surface area contributed by atoms with Crippen LogP contribution in [0.5, 0.6) is 5.75 Å². The highest BCUT2D eigenvalue weighted by Gasteiger charge is 2.23. The van der Waals surface area contributed by atoms with Crippen molar-refractivity contribution in [1.82, 2.24) is 4.98 Å². The molecule has 2 N–H and O–H groups in total. The molecule has 1 heterocycles. The number of hydrogen-bond acceptors (Lipinski definition) is 6. The van der Waals surface area contributed by atoms with E-state index in [2.05, 4.69) is 15.6 Å². The molecule has 0 saturated carbocycles. The average Bonchev–Trinajstić information content (AvgIpc) is 3.20. The van der Waals surface area contributed by atoms with Gasteiger partial charge in [-0.3, -0.25) is 9.59 Å². The zero-order chi connectivity index (χ0) is 23.2. The van der Waals surface area contributed by atoms with Gasteiger partial charge in [0.05, 0.1) is 16.8 Å². The Balaban J connectivity index is 1.55. The van der Waals surface area contributed by atoms with Crippen LogP contribution in [0.2, 0.25) is 0 Å². The second kappa shape index (κ2) is 10.5. The Morgan fingerprint density at radius 1 is 1.03 bits per heavy atom. The molecule has 0 fully saturated rings. The Kier molecular flexibility index (Phi) is 7.26. The molecule has 0 saturated heterocycles. The third-order valence-electron chi connectivity index (χ3n) is 4.67. The van der Waals surface area contributed by atoms with Gasteiger partial charge in [-0.05, 0) is 55.0 Å². The van der Waals surface area contributed by atoms with Crippen LogP contribution in [0.4, 0.5) is 10.8 Å². The Hall–Kier alpha value is -3.36. The Bertz CT molecular complexity index is 1260. The summed E-state index contributed by atoms with van der Waals surface area (Å²) in [4.78, 5) is 30.1. The minimum absolute atomic E-state index is 0.124. The lowest BCUT2D eigenvalue weighted by atomic mass is 10.1. The zero-order valence-corrected chi connectivity index (χ0v) is 19.8. The van der Waals surface area contributed by atoms with Crippen LogP contribution in [0.3, 0.4) is 0 Å². The van der Waals surface area contributed by atoms with Crippen molar-refractivity contribution in [2.75, 3.05) is 17.2 Å². The largest absolute Gasteiger partial charge is 0.494 e. The van der Waals surface area contributed by atoms with Gasteiger partial charge >= 0.3 is 0 Å². The molecule has 0 bridgehead atoms. The third kappa shape index (κ3) is 5.91. The molecule has 1 atom stereocenters. The van der Waals surface area contributed by atoms with E-state index in [1.807, 2.05) is 79.7 Å². The summed E-state index contributed by atoms with van der Waals surface area (Å²) in [6.07, 6.45) is 0. The highest BCUT2D eigenvalue weighted by molar-refractivity contribution is 8.00. The van der Waals surface area contributed by atoms with Crippen LogP contribution in [-0.2, 0) is 9.59 Å². The summed E-state index contributed by atoms with van der Waals surface area (Å²) >= 11 is 2.86. The van der Waals surface area contributed by atoms with Crippen LogP contribution < -0.4 is 15.4 Å². The molecule has 0 aliphatic carbocycles. The summed E-state index contributed by atoms with van der Waals surface area (Å²) in [5.74, 6) is 0.509. The quantitative estimate of drug-likeness (QED) is 0.299. The molecular weight excluding hydrogens is 454 g/mol. The number of fused-ring (bicyclic) bond motifs is 1. The number of amides is 2. The number of thiazole rings is 1. The van der Waals surface area contributed by atoms with E-state index in [1.54, 1.807) is 0 Å². The number of benzene rings is 3. The fourth-order valence-electron chi connectivity index (χ4n) is 3.24. The van der Waals surface area contributed by atoms with Crippen LogP contribution in [-0.4, -0.2) is 23.4 Å². The summed E-state index contributed by atoms with van der Waals surface area (Å²) in [6, 6.07) is 22.8. The monoisotopic (exact) mass is 477 g/mol. The molecule has 3 aromatic carbocycles. The van der Waals surface area contributed by atoms with Gasteiger partial charge < -0.3 is 15.4 Å². The van der Waals surface area contributed by atoms with E-state index in [1.165, 1.54) is 30.0 Å². The summed E-state index contributed by atoms with van der Waals surface area (Å²) in [5, 5.41) is 5.82. The van der Waals surface area contributed by atoms with E-state index in [0.717, 1.165) is 26.4 Å². The smallest absolute Gasteiger partial charge is 0.244 e. The predicted octanol–water partition coefficient (Wildman–Crippen LogP) is 6.13. The van der Waals surface area contributed by atoms with E-state index in [-0.39, 0.29) is 11.8 Å². The molecule has 1 unspecified atom stereocenters. The van der Waals surface area contributed by atoms with E-state index in [4.69, 9.17) is 4.74 Å². The second-order valence-corrected chi connectivity index (χ2v) is 9.39. The molecule has 4 aromatic rings. The summed E-state index contributed by atoms with van der Waals surface area (Å²) in [5.41, 5.74) is 2.43. The van der Waals surface area contributed by atoms with E-state index in [0.29, 0.717) is 17.4 Å². The maximum absolute atomic E-state index is 13.3. The topological polar surface area (TPSA) is 80.3 Å². The minimum Gasteiger partial charge on any atom is -0.494 e. The van der Waals surface area contributed by atoms with Crippen molar-refractivity contribution in [3.05, 3.63) is 78.4 Å². The van der Waals surface area contributed by atoms with Crippen molar-refractivity contribution in [3.8, 4) is 5.75 Å². The van der Waals surface area contributed by atoms with Gasteiger partial charge in [0, 0.05) is 17.5 Å². The molecule has 0 radical (unpaired) electrons. The molecule has 6 nitrogen and oxygen atoms in total. The summed E-state index contributed by atoms with van der Waals surface area (Å²) in [7, 11) is 0. The number of anilines is 2. The van der Waals surface area contributed by atoms with Crippen molar-refractivity contribution in [2.45, 2.75) is 24.0 Å². The van der Waals surface area contributed by atoms with Gasteiger partial charge in [0.1, 0.15) is 11.0 Å². The molecule has 0 spiro atoms. The first-order valence-electron chi connectivity index (χ1n) is 10.5. The SMILES string of the molecule is CCOc1ccc2nc(NC(=O)C(Sc3ccc(NC(C)=O)cc3)c3ccccc3)sc2c1. The molecule has 2 amide bonds. The van der Waals surface area contributed by atoms with Crippen molar-refractivity contribution in [2.24, 2.45) is 0 Å². The van der Waals surface area contributed by atoms with Gasteiger partial charge in [0.2, 0.25) is 11.8 Å². The normalized spacial score (nSPS) is 11.7. The molecule has 0 aliphatic rings. The van der Waals surface area contributed by atoms with Crippen LogP contribution in [0.25, 0.3) is 10.2 Å². The average molecular weight is 478 g/mol. The lowest BCUT2D eigenvalue weighted by Crippen LogP contribution is -2.18. The maximum Gasteiger partial charge on any atom is 0.244 e. The molecule has 168 valence electrons. The molecule has 8 heteroatoms. The standard InChI is InChI=1S/C25H23N3O3S2/c1-3-31-19-11-14-21-22(15-19)33-25(27-21)28-24(30)23(17-7-5-4-6-8-17)32-20-12-9-18(10-13-20)26-16(2)29/h4-15,23H,3H2,1-2H3,(H,26,29)(H,27,28,30). The van der Waals surface area contributed by atoms with Gasteiger partial charge in [0.25, 0.3) is 0 Å². The number of rotatable bonds is 8. The van der Waals surface area contributed by atoms with Gasteiger partial charge in [-0.1, -0.05) is 41.7 Å². The van der Waals surface area contributed by atoms with Gasteiger partial charge in [-0.15, -0.1) is 11.8 Å². The van der Waals surface area contributed by atoms with E-state index in [9.17, 15) is 9.59 Å². The molecule has 0 aliphatic heterocycles. The van der Waals surface area contributed by atoms with Gasteiger partial charge in [-0.25, -0.2) is 4.98 Å². The van der Waals surface area contributed by atoms with Crippen LogP contribution in [0, 0.1) is 0 Å². The fourth-order valence-corrected chi connectivity index (χ4v) is 5.16. The third-order valence-corrected chi connectivity index (χ3v) is 6.87. The molecule has 4 rings (SSSR count). The number of nitrogens with one attached hydrogen (secondary N) is 2. The van der Waals surface area contributed by atoms with Gasteiger partial charge in [-0.2, -0.15) is 0 Å². The number of nitrogens with zero attached hydrogens (tertiary/aromatic N) is 1. The summed E-state index contributed by atoms with van der Waals surface area (Å²) < 4.78 is 6.51. The molecule has 1 aromatic heterocycles. The minimum atomic E-state index is -0.469. The van der Waals surface area contributed by atoms with Crippen LogP contribution >= 0.6 is 23.1 Å². The first kappa shape index (κ1) is 22.8. The molecule has 33 heavy (non-hydrogen) atoms. The summed E-state index contributed by atoms with van der Waals surface area (Å²) in [6.45, 7) is 4.01. The van der Waals surface area contributed by atoms with Crippen molar-refractivity contribution in [3.63, 3.8) is 0 Å². The lowest BCUT2D eigenvalue weighted by molar-refractivity contribution is -0.116. The number of aromatic nitrogens is 1. The van der Waals surface area contributed by atoms with Crippen molar-refractivity contribution < 1.29 is 14.3 Å². The van der Waals surface area contributed by atoms with Crippen molar-refractivity contribution >= 4 is 55.9 Å². The predicted molar refractivity (Wildman–Crippen MR) is 135 cm³/mol. The number of carbonyl (C=O) groups excluding carboxylic acids is 2. The molecular formula is C25H23N3O3S2. The highest BCUT2D eigenvalue weighted by atomic mass is 32.2. The fraction of sp³-hybridized carbons (Fsp3) is 0.160. The Labute approximate surface area is 200 Å². The number of hydrogen-bond donors (Lipinski definition) is 2. The zero-order valence-electron chi connectivity index (χ0n) is 18.2. The Morgan fingerprint density at radius 3 is 2.48 bits per heavy atom. The number of thioether (sulfide) groups is 1. The first-order valence-corrected chi connectivity index (χ1v) is 12.1.